The van der Waals surface area contributed by atoms with E-state index in [0.29, 0.717) is 0 Å². The molecule has 0 aromatic carbocycles. The van der Waals surface area contributed by atoms with Crippen LogP contribution in [0, 0.1) is 11.8 Å². The van der Waals surface area contributed by atoms with Crippen molar-refractivity contribution in [2.45, 2.75) is 149 Å². The molecule has 0 bridgehead atoms. The van der Waals surface area contributed by atoms with Crippen molar-refractivity contribution in [3.63, 3.8) is 0 Å². The fraction of sp³-hybridized carbons (Fsp3) is 0.926. The second-order valence-electron chi connectivity index (χ2n) is 8.72. The van der Waals surface area contributed by atoms with Crippen molar-refractivity contribution in [1.29, 1.82) is 0 Å². The second kappa shape index (κ2) is 23.4. The van der Waals surface area contributed by atoms with Gasteiger partial charge in [0.05, 0.1) is 0 Å². The van der Waals surface area contributed by atoms with Crippen LogP contribution in [0.5, 0.6) is 0 Å². The normalized spacial score (nSPS) is 11.5. The van der Waals surface area contributed by atoms with Crippen molar-refractivity contribution < 1.29 is 8.85 Å². The first kappa shape index (κ1) is 29.7. The van der Waals surface area contributed by atoms with Crippen LogP contribution < -0.4 is 0 Å². The van der Waals surface area contributed by atoms with Gasteiger partial charge >= 0.3 is 8.56 Å². The number of hydrogen-bond acceptors (Lipinski definition) is 2. The van der Waals surface area contributed by atoms with Crippen molar-refractivity contribution in [3.05, 3.63) is 0 Å². The Balaban J connectivity index is 3.66. The van der Waals surface area contributed by atoms with Crippen molar-refractivity contribution in [2.75, 3.05) is 13.2 Å². The molecule has 0 spiro atoms. The van der Waals surface area contributed by atoms with Crippen molar-refractivity contribution in [3.8, 4) is 11.8 Å². The predicted molar refractivity (Wildman–Crippen MR) is 136 cm³/mol. The van der Waals surface area contributed by atoms with Crippen LogP contribution in [-0.4, -0.2) is 21.8 Å². The van der Waals surface area contributed by atoms with Gasteiger partial charge in [-0.2, -0.15) is 0 Å². The van der Waals surface area contributed by atoms with E-state index in [4.69, 9.17) is 8.85 Å². The SMILES string of the molecule is CCC#CCCCCCCCCO[Si](CC)(CC)OCCCCCCCCCCC. The quantitative estimate of drug-likeness (QED) is 0.0952. The summed E-state index contributed by atoms with van der Waals surface area (Å²) in [6, 6.07) is 2.17. The third-order valence-corrected chi connectivity index (χ3v) is 9.67. The highest BCUT2D eigenvalue weighted by Crippen LogP contribution is 2.20. The summed E-state index contributed by atoms with van der Waals surface area (Å²) < 4.78 is 12.8. The first-order chi connectivity index (χ1) is 14.7. The molecule has 0 aromatic rings. The van der Waals surface area contributed by atoms with Gasteiger partial charge < -0.3 is 8.85 Å². The molecule has 2 nitrogen and oxygen atoms in total. The topological polar surface area (TPSA) is 18.5 Å². The average molecular weight is 439 g/mol. The zero-order chi connectivity index (χ0) is 22.2. The molecule has 0 rings (SSSR count). The molecular formula is C27H54O2Si. The summed E-state index contributed by atoms with van der Waals surface area (Å²) in [6.45, 7) is 10.7. The summed E-state index contributed by atoms with van der Waals surface area (Å²) in [7, 11) is -1.94. The molecule has 30 heavy (non-hydrogen) atoms. The number of rotatable bonds is 22. The molecular weight excluding hydrogens is 384 g/mol. The van der Waals surface area contributed by atoms with Crippen LogP contribution >= 0.6 is 0 Å². The Morgan fingerprint density at radius 2 is 0.933 bits per heavy atom. The first-order valence-electron chi connectivity index (χ1n) is 13.5. The second-order valence-corrected chi connectivity index (χ2v) is 12.5. The Kier molecular flexibility index (Phi) is 23.1. The molecule has 0 unspecified atom stereocenters. The van der Waals surface area contributed by atoms with E-state index in [1.54, 1.807) is 0 Å². The van der Waals surface area contributed by atoms with Gasteiger partial charge in [-0.3, -0.25) is 0 Å². The minimum absolute atomic E-state index is 0.896. The number of unbranched alkanes of at least 4 members (excludes halogenated alkanes) is 14. The van der Waals surface area contributed by atoms with Crippen molar-refractivity contribution in [2.24, 2.45) is 0 Å². The van der Waals surface area contributed by atoms with Gasteiger partial charge in [0.25, 0.3) is 0 Å². The fourth-order valence-corrected chi connectivity index (χ4v) is 6.30. The van der Waals surface area contributed by atoms with E-state index in [0.717, 1.165) is 38.1 Å². The average Bonchev–Trinajstić information content (AvgIpc) is 2.77. The molecule has 0 aliphatic heterocycles. The molecule has 0 atom stereocenters. The van der Waals surface area contributed by atoms with Crippen LogP contribution in [0.1, 0.15) is 137 Å². The van der Waals surface area contributed by atoms with Gasteiger partial charge in [-0.05, 0) is 31.4 Å². The van der Waals surface area contributed by atoms with Gasteiger partial charge in [-0.15, -0.1) is 11.8 Å². The summed E-state index contributed by atoms with van der Waals surface area (Å²) in [5.74, 6) is 6.39. The van der Waals surface area contributed by atoms with Gasteiger partial charge in [0.2, 0.25) is 0 Å². The maximum atomic E-state index is 6.38. The Labute approximate surface area is 191 Å². The molecule has 0 amide bonds. The Morgan fingerprint density at radius 3 is 1.37 bits per heavy atom. The third-order valence-electron chi connectivity index (χ3n) is 6.05. The lowest BCUT2D eigenvalue weighted by Gasteiger charge is -2.29. The molecule has 0 saturated heterocycles. The van der Waals surface area contributed by atoms with E-state index in [1.807, 2.05) is 0 Å². The Morgan fingerprint density at radius 1 is 0.500 bits per heavy atom. The largest absolute Gasteiger partial charge is 0.394 e. The molecule has 178 valence electrons. The maximum Gasteiger partial charge on any atom is 0.337 e. The first-order valence-corrected chi connectivity index (χ1v) is 15.7. The standard InChI is InChI=1S/C27H54O2Si/c1-5-9-11-13-15-17-19-21-23-25-27-29-30(7-3,8-4)28-26-24-22-20-18-16-14-12-10-6-2/h5-8,10,12-27H2,1-4H3. The van der Waals surface area contributed by atoms with E-state index in [-0.39, 0.29) is 0 Å². The van der Waals surface area contributed by atoms with E-state index >= 15 is 0 Å². The Hall–Kier alpha value is -0.303. The lowest BCUT2D eigenvalue weighted by Crippen LogP contribution is -2.41. The molecule has 0 saturated carbocycles. The summed E-state index contributed by atoms with van der Waals surface area (Å²) in [5, 5.41) is 0. The predicted octanol–water partition coefficient (Wildman–Crippen LogP) is 9.18. The molecule has 0 aliphatic rings. The van der Waals surface area contributed by atoms with Crippen molar-refractivity contribution in [1.82, 2.24) is 0 Å². The molecule has 0 fully saturated rings. The molecule has 0 radical (unpaired) electrons. The van der Waals surface area contributed by atoms with Crippen LogP contribution in [0.25, 0.3) is 0 Å². The van der Waals surface area contributed by atoms with Gasteiger partial charge in [0.1, 0.15) is 0 Å². The smallest absolute Gasteiger partial charge is 0.337 e. The minimum atomic E-state index is -1.94. The molecule has 0 aliphatic carbocycles. The van der Waals surface area contributed by atoms with Gasteiger partial charge in [0.15, 0.2) is 0 Å². The number of hydrogen-bond donors (Lipinski definition) is 0. The maximum absolute atomic E-state index is 6.38. The summed E-state index contributed by atoms with van der Waals surface area (Å²) in [4.78, 5) is 0. The van der Waals surface area contributed by atoms with Crippen molar-refractivity contribution >= 4 is 8.56 Å². The van der Waals surface area contributed by atoms with E-state index in [2.05, 4.69) is 39.5 Å². The summed E-state index contributed by atoms with van der Waals surface area (Å²) >= 11 is 0. The van der Waals surface area contributed by atoms with Crippen LogP contribution in [0.3, 0.4) is 0 Å². The van der Waals surface area contributed by atoms with Crippen LogP contribution in [0.2, 0.25) is 12.1 Å². The Bertz CT molecular complexity index is 395. The molecule has 3 heteroatoms. The van der Waals surface area contributed by atoms with Gasteiger partial charge in [-0.1, -0.05) is 105 Å². The summed E-state index contributed by atoms with van der Waals surface area (Å²) in [5.41, 5.74) is 0. The highest BCUT2D eigenvalue weighted by Gasteiger charge is 2.33. The summed E-state index contributed by atoms with van der Waals surface area (Å²) in [6.07, 6.45) is 22.1. The highest BCUT2D eigenvalue weighted by atomic mass is 28.4. The van der Waals surface area contributed by atoms with E-state index in [9.17, 15) is 0 Å². The third kappa shape index (κ3) is 18.5. The lowest BCUT2D eigenvalue weighted by atomic mass is 10.1. The minimum Gasteiger partial charge on any atom is -0.394 e. The molecule has 0 heterocycles. The van der Waals surface area contributed by atoms with Crippen LogP contribution in [-0.2, 0) is 8.85 Å². The molecule has 0 N–H and O–H groups in total. The monoisotopic (exact) mass is 438 g/mol. The highest BCUT2D eigenvalue weighted by molar-refractivity contribution is 6.67. The van der Waals surface area contributed by atoms with Crippen LogP contribution in [0.15, 0.2) is 0 Å². The van der Waals surface area contributed by atoms with Crippen LogP contribution in [0.4, 0.5) is 0 Å². The zero-order valence-electron chi connectivity index (χ0n) is 21.2. The van der Waals surface area contributed by atoms with Gasteiger partial charge in [-0.25, -0.2) is 0 Å². The zero-order valence-corrected chi connectivity index (χ0v) is 22.2. The van der Waals surface area contributed by atoms with E-state index < -0.39 is 8.56 Å². The fourth-order valence-electron chi connectivity index (χ4n) is 3.86. The molecule has 0 aromatic heterocycles. The van der Waals surface area contributed by atoms with Gasteiger partial charge in [0, 0.05) is 26.1 Å². The van der Waals surface area contributed by atoms with E-state index in [1.165, 1.54) is 96.3 Å². The lowest BCUT2D eigenvalue weighted by molar-refractivity contribution is 0.163.